The molecule has 0 aliphatic carbocycles. The van der Waals surface area contributed by atoms with Gasteiger partial charge in [-0.15, -0.1) is 4.91 Å². The van der Waals surface area contributed by atoms with Crippen LogP contribution in [-0.4, -0.2) is 50.6 Å². The van der Waals surface area contributed by atoms with Crippen molar-refractivity contribution in [2.45, 2.75) is 31.4 Å². The van der Waals surface area contributed by atoms with E-state index in [4.69, 9.17) is 9.84 Å². The lowest BCUT2D eigenvalue weighted by molar-refractivity contribution is -0.0460. The smallest absolute Gasteiger partial charge is 0.330 e. The number of nitroso groups, excluding NO2 is 1. The number of hydrogen-bond acceptors (Lipinski definition) is 7. The number of ether oxygens (including phenoxy) is 1. The quantitative estimate of drug-likeness (QED) is 0.435. The molecule has 21 heavy (non-hydrogen) atoms. The van der Waals surface area contributed by atoms with E-state index in [1.54, 1.807) is 0 Å². The third-order valence-electron chi connectivity index (χ3n) is 3.27. The van der Waals surface area contributed by atoms with E-state index in [9.17, 15) is 19.6 Å². The summed E-state index contributed by atoms with van der Waals surface area (Å²) in [6, 6.07) is 0. The Bertz CT molecular complexity index is 626. The average molecular weight is 300 g/mol. The molecule has 0 aromatic carbocycles. The molecule has 0 bridgehead atoms. The van der Waals surface area contributed by atoms with Crippen LogP contribution < -0.4 is 11.2 Å². The largest absolute Gasteiger partial charge is 0.394 e. The number of H-pyrrole nitrogens is 1. The standard InChI is InChI=1S/C11H16N4O6/c1-14(13-20)3-6-4-15(11(19)12-10(6)18)9-2-7(17)8(5-16)21-9/h4,7-9,16-17H,2-3,5H2,1H3,(H,12,18,19)/t7-,8+,9+/m1/s1. The van der Waals surface area contributed by atoms with Crippen LogP contribution in [0.4, 0.5) is 0 Å². The van der Waals surface area contributed by atoms with Gasteiger partial charge in [-0.05, 0) is 0 Å². The van der Waals surface area contributed by atoms with Gasteiger partial charge in [0.1, 0.15) is 12.3 Å². The van der Waals surface area contributed by atoms with Crippen molar-refractivity contribution in [1.29, 1.82) is 0 Å². The van der Waals surface area contributed by atoms with Crippen molar-refractivity contribution in [3.63, 3.8) is 0 Å². The van der Waals surface area contributed by atoms with Crippen molar-refractivity contribution in [3.05, 3.63) is 37.5 Å². The summed E-state index contributed by atoms with van der Waals surface area (Å²) in [5, 5.41) is 22.4. The highest BCUT2D eigenvalue weighted by atomic mass is 16.5. The Morgan fingerprint density at radius 3 is 2.86 bits per heavy atom. The minimum Gasteiger partial charge on any atom is -0.394 e. The third-order valence-corrected chi connectivity index (χ3v) is 3.27. The van der Waals surface area contributed by atoms with Crippen molar-refractivity contribution in [2.24, 2.45) is 5.29 Å². The molecule has 0 saturated carbocycles. The first-order chi connectivity index (χ1) is 9.96. The highest BCUT2D eigenvalue weighted by Crippen LogP contribution is 2.27. The maximum atomic E-state index is 11.8. The number of rotatable bonds is 5. The van der Waals surface area contributed by atoms with Crippen molar-refractivity contribution in [1.82, 2.24) is 14.6 Å². The molecule has 10 heteroatoms. The molecule has 0 radical (unpaired) electrons. The fourth-order valence-corrected chi connectivity index (χ4v) is 2.18. The number of nitrogens with one attached hydrogen (secondary N) is 1. The Balaban J connectivity index is 2.32. The minimum absolute atomic E-state index is 0.0716. The molecule has 1 saturated heterocycles. The lowest BCUT2D eigenvalue weighted by Crippen LogP contribution is -2.35. The number of aliphatic hydroxyl groups excluding tert-OH is 2. The summed E-state index contributed by atoms with van der Waals surface area (Å²) in [6.45, 7) is -0.446. The predicted molar refractivity (Wildman–Crippen MR) is 70.2 cm³/mol. The second-order valence-corrected chi connectivity index (χ2v) is 4.83. The molecule has 0 amide bonds. The van der Waals surface area contributed by atoms with Gasteiger partial charge in [-0.2, -0.15) is 0 Å². The van der Waals surface area contributed by atoms with Crippen LogP contribution in [0.2, 0.25) is 0 Å². The van der Waals surface area contributed by atoms with E-state index in [2.05, 4.69) is 10.3 Å². The second-order valence-electron chi connectivity index (χ2n) is 4.83. The van der Waals surface area contributed by atoms with Crippen LogP contribution in [0.3, 0.4) is 0 Å². The SMILES string of the molecule is CN(Cc1cn([C@@H]2C[C@@H](O)[C@H](CO)O2)c(=O)[nH]c1=O)N=O. The van der Waals surface area contributed by atoms with Crippen LogP contribution >= 0.6 is 0 Å². The van der Waals surface area contributed by atoms with Gasteiger partial charge in [-0.1, -0.05) is 0 Å². The van der Waals surface area contributed by atoms with Gasteiger partial charge in [0.15, 0.2) is 0 Å². The molecule has 116 valence electrons. The Hall–Kier alpha value is -2.04. The Morgan fingerprint density at radius 2 is 2.29 bits per heavy atom. The summed E-state index contributed by atoms with van der Waals surface area (Å²) in [6.07, 6.45) is -1.11. The molecule has 3 atom stereocenters. The van der Waals surface area contributed by atoms with E-state index in [1.165, 1.54) is 13.2 Å². The van der Waals surface area contributed by atoms with E-state index < -0.39 is 29.7 Å². The Morgan fingerprint density at radius 1 is 1.57 bits per heavy atom. The lowest BCUT2D eigenvalue weighted by Gasteiger charge is -2.16. The molecule has 1 aromatic heterocycles. The van der Waals surface area contributed by atoms with Gasteiger partial charge in [0.25, 0.3) is 5.56 Å². The van der Waals surface area contributed by atoms with Crippen LogP contribution in [0.1, 0.15) is 18.2 Å². The highest BCUT2D eigenvalue weighted by Gasteiger charge is 2.35. The van der Waals surface area contributed by atoms with Gasteiger partial charge in [-0.25, -0.2) is 4.79 Å². The molecule has 0 unspecified atom stereocenters. The molecule has 0 spiro atoms. The molecule has 1 aliphatic heterocycles. The molecule has 1 aromatic rings. The first-order valence-electron chi connectivity index (χ1n) is 6.29. The Kier molecular flexibility index (Phi) is 4.50. The van der Waals surface area contributed by atoms with Gasteiger partial charge < -0.3 is 14.9 Å². The van der Waals surface area contributed by atoms with E-state index in [0.29, 0.717) is 0 Å². The van der Waals surface area contributed by atoms with E-state index in [0.717, 1.165) is 9.58 Å². The average Bonchev–Trinajstić information content (AvgIpc) is 2.82. The first kappa shape index (κ1) is 15.4. The fourth-order valence-electron chi connectivity index (χ4n) is 2.18. The molecule has 3 N–H and O–H groups in total. The Labute approximate surface area is 118 Å². The second kappa shape index (κ2) is 6.16. The molecular weight excluding hydrogens is 284 g/mol. The van der Waals surface area contributed by atoms with Crippen LogP contribution in [0.15, 0.2) is 21.1 Å². The van der Waals surface area contributed by atoms with Crippen LogP contribution in [0.5, 0.6) is 0 Å². The zero-order chi connectivity index (χ0) is 15.6. The zero-order valence-electron chi connectivity index (χ0n) is 11.3. The molecule has 2 heterocycles. The fraction of sp³-hybridized carbons (Fsp3) is 0.636. The first-order valence-corrected chi connectivity index (χ1v) is 6.29. The molecule has 10 nitrogen and oxygen atoms in total. The van der Waals surface area contributed by atoms with E-state index in [-0.39, 0.29) is 25.1 Å². The number of aromatic nitrogens is 2. The van der Waals surface area contributed by atoms with Gasteiger partial charge in [-0.3, -0.25) is 19.4 Å². The zero-order valence-corrected chi connectivity index (χ0v) is 11.3. The molecular formula is C11H16N4O6. The summed E-state index contributed by atoms with van der Waals surface area (Å²) < 4.78 is 6.48. The maximum Gasteiger partial charge on any atom is 0.330 e. The molecule has 1 aliphatic rings. The lowest BCUT2D eigenvalue weighted by atomic mass is 10.2. The van der Waals surface area contributed by atoms with Gasteiger partial charge >= 0.3 is 5.69 Å². The predicted octanol–water partition coefficient (Wildman–Crippen LogP) is -1.71. The summed E-state index contributed by atoms with van der Waals surface area (Å²) in [5.74, 6) is 0. The van der Waals surface area contributed by atoms with E-state index >= 15 is 0 Å². The van der Waals surface area contributed by atoms with Crippen LogP contribution in [0, 0.1) is 4.91 Å². The van der Waals surface area contributed by atoms with Crippen LogP contribution in [0.25, 0.3) is 0 Å². The van der Waals surface area contributed by atoms with E-state index in [1.807, 2.05) is 0 Å². The van der Waals surface area contributed by atoms with Gasteiger partial charge in [0, 0.05) is 19.7 Å². The summed E-state index contributed by atoms with van der Waals surface area (Å²) in [4.78, 5) is 36.0. The molecule has 2 rings (SSSR count). The number of hydrogen-bond donors (Lipinski definition) is 3. The minimum atomic E-state index is -0.901. The van der Waals surface area contributed by atoms with Gasteiger partial charge in [0.05, 0.1) is 30.1 Å². The number of nitrogens with zero attached hydrogens (tertiary/aromatic N) is 3. The molecule has 1 fully saturated rings. The van der Waals surface area contributed by atoms with Crippen molar-refractivity contribution in [2.75, 3.05) is 13.7 Å². The monoisotopic (exact) mass is 300 g/mol. The normalized spacial score (nSPS) is 25.0. The number of aromatic amines is 1. The summed E-state index contributed by atoms with van der Waals surface area (Å²) in [5.41, 5.74) is -1.16. The van der Waals surface area contributed by atoms with Crippen LogP contribution in [-0.2, 0) is 11.3 Å². The topological polar surface area (TPSA) is 137 Å². The van der Waals surface area contributed by atoms with Crippen molar-refractivity contribution >= 4 is 0 Å². The summed E-state index contributed by atoms with van der Waals surface area (Å²) >= 11 is 0. The highest BCUT2D eigenvalue weighted by molar-refractivity contribution is 5.05. The van der Waals surface area contributed by atoms with Gasteiger partial charge in [0.2, 0.25) is 0 Å². The number of aliphatic hydroxyl groups is 2. The summed E-state index contributed by atoms with van der Waals surface area (Å²) in [7, 11) is 1.39. The van der Waals surface area contributed by atoms with Crippen molar-refractivity contribution < 1.29 is 14.9 Å². The maximum absolute atomic E-state index is 11.8. The third kappa shape index (κ3) is 3.17. The van der Waals surface area contributed by atoms with Crippen molar-refractivity contribution in [3.8, 4) is 0 Å².